The van der Waals surface area contributed by atoms with Gasteiger partial charge in [0.15, 0.2) is 0 Å². The van der Waals surface area contributed by atoms with Crippen molar-refractivity contribution in [1.29, 1.82) is 0 Å². The lowest BCUT2D eigenvalue weighted by Crippen LogP contribution is -1.77. The van der Waals surface area contributed by atoms with Gasteiger partial charge in [-0.3, -0.25) is 0 Å². The van der Waals surface area contributed by atoms with E-state index in [1.807, 2.05) is 18.2 Å². The highest BCUT2D eigenvalue weighted by atomic mass is 16.2. The van der Waals surface area contributed by atoms with E-state index in [0.29, 0.717) is 0 Å². The maximum atomic E-state index is 8.40. The van der Waals surface area contributed by atoms with E-state index in [-0.39, 0.29) is 0 Å². The van der Waals surface area contributed by atoms with Gasteiger partial charge in [-0.15, -0.1) is 0 Å². The number of rotatable bonds is 0. The smallest absolute Gasteiger partial charge is 0.222 e. The van der Waals surface area contributed by atoms with Crippen LogP contribution in [0.25, 0.3) is 0 Å². The van der Waals surface area contributed by atoms with E-state index < -0.39 is 0 Å². The maximum Gasteiger partial charge on any atom is 0.222 e. The summed E-state index contributed by atoms with van der Waals surface area (Å²) in [6, 6.07) is 0. The van der Waals surface area contributed by atoms with Crippen molar-refractivity contribution in [3.8, 4) is 0 Å². The third-order valence-electron chi connectivity index (χ3n) is 0.959. The lowest BCUT2D eigenvalue weighted by Gasteiger charge is -1.82. The molecule has 1 nitrogen and oxygen atoms in total. The van der Waals surface area contributed by atoms with Gasteiger partial charge in [-0.2, -0.15) is 0 Å². The highest BCUT2D eigenvalue weighted by Crippen LogP contribution is 2.04. The second-order valence-electron chi connectivity index (χ2n) is 1.57. The van der Waals surface area contributed by atoms with Gasteiger partial charge in [-0.25, -0.2) is 0 Å². The van der Waals surface area contributed by atoms with Gasteiger partial charge in [-0.05, 0) is 6.08 Å². The number of allylic oxidation sites excluding steroid dienone is 5. The molecule has 0 aliphatic heterocycles. The van der Waals surface area contributed by atoms with Crippen LogP contribution >= 0.6 is 0 Å². The van der Waals surface area contributed by atoms with Crippen LogP contribution in [0.4, 0.5) is 0 Å². The first-order chi connectivity index (χ1) is 3.93. The van der Waals surface area contributed by atoms with Crippen molar-refractivity contribution in [1.82, 2.24) is 0 Å². The Morgan fingerprint density at radius 2 is 2.62 bits per heavy atom. The molecule has 1 aliphatic rings. The molecule has 0 heterocycles. The minimum absolute atomic E-state index is 0.747. The van der Waals surface area contributed by atoms with Crippen molar-refractivity contribution >= 4 is 0 Å². The largest absolute Gasteiger partial charge is 0.455 e. The molecule has 1 N–H and O–H groups in total. The second-order valence-corrected chi connectivity index (χ2v) is 1.57. The molecular weight excluding hydrogens is 100 g/mol. The average molecular weight is 107 g/mol. The summed E-state index contributed by atoms with van der Waals surface area (Å²) in [5, 5.41) is 8.40. The highest BCUT2D eigenvalue weighted by molar-refractivity contribution is 5.27. The Morgan fingerprint density at radius 3 is 3.00 bits per heavy atom. The summed E-state index contributed by atoms with van der Waals surface area (Å²) in [5.41, 5.74) is 0.747. The Morgan fingerprint density at radius 1 is 1.75 bits per heavy atom. The van der Waals surface area contributed by atoms with Gasteiger partial charge < -0.3 is 5.11 Å². The first-order valence-corrected chi connectivity index (χ1v) is 2.52. The van der Waals surface area contributed by atoms with Gasteiger partial charge in [-0.1, -0.05) is 0 Å². The van der Waals surface area contributed by atoms with Crippen LogP contribution in [0.2, 0.25) is 0 Å². The third kappa shape index (κ3) is 0.955. The van der Waals surface area contributed by atoms with E-state index in [4.69, 9.17) is 5.11 Å². The van der Waals surface area contributed by atoms with Crippen LogP contribution in [0.15, 0.2) is 30.1 Å². The molecule has 1 aliphatic carbocycles. The normalized spacial score (nSPS) is 21.2. The lowest BCUT2D eigenvalue weighted by molar-refractivity contribution is 0.470. The van der Waals surface area contributed by atoms with Crippen molar-refractivity contribution in [2.24, 2.45) is 0 Å². The Kier molecular flexibility index (Phi) is 1.45. The molecule has 0 amide bonds. The number of aliphatic hydroxyl groups excluding tert-OH is 1. The summed E-state index contributed by atoms with van der Waals surface area (Å²) < 4.78 is 0. The number of hydrogen-bond donors (Lipinski definition) is 1. The maximum absolute atomic E-state index is 8.40. The van der Waals surface area contributed by atoms with E-state index in [9.17, 15) is 0 Å². The van der Waals surface area contributed by atoms with Gasteiger partial charge in [0.2, 0.25) is 11.8 Å². The minimum atomic E-state index is 0.747. The van der Waals surface area contributed by atoms with Crippen molar-refractivity contribution in [3.63, 3.8) is 0 Å². The van der Waals surface area contributed by atoms with Gasteiger partial charge >= 0.3 is 0 Å². The predicted octanol–water partition coefficient (Wildman–Crippen LogP) is 1.75. The summed E-state index contributed by atoms with van der Waals surface area (Å²) in [7, 11) is 0. The van der Waals surface area contributed by atoms with Crippen molar-refractivity contribution in [3.05, 3.63) is 36.1 Å². The fraction of sp³-hybridized carbons (Fsp3) is 0.143. The molecule has 1 heteroatoms. The quantitative estimate of drug-likeness (QED) is 0.369. The molecule has 0 saturated heterocycles. The monoisotopic (exact) mass is 107 g/mol. The van der Waals surface area contributed by atoms with Crippen LogP contribution in [-0.4, -0.2) is 5.11 Å². The first kappa shape index (κ1) is 5.07. The molecule has 0 fully saturated rings. The Labute approximate surface area is 48.6 Å². The second kappa shape index (κ2) is 2.29. The fourth-order valence-electron chi connectivity index (χ4n) is 0.568. The summed E-state index contributed by atoms with van der Waals surface area (Å²) in [6.45, 7) is 0. The van der Waals surface area contributed by atoms with Crippen LogP contribution < -0.4 is 0 Å². The van der Waals surface area contributed by atoms with Gasteiger partial charge in [0.25, 0.3) is 0 Å². The zero-order valence-corrected chi connectivity index (χ0v) is 4.46. The van der Waals surface area contributed by atoms with Crippen LogP contribution in [-0.2, 0) is 0 Å². The summed E-state index contributed by atoms with van der Waals surface area (Å²) in [6.07, 6.45) is 10.5. The van der Waals surface area contributed by atoms with Crippen LogP contribution in [0.3, 0.4) is 0 Å². The molecule has 0 aromatic carbocycles. The zero-order chi connectivity index (χ0) is 5.82. The predicted molar refractivity (Wildman–Crippen MR) is 32.3 cm³/mol. The minimum Gasteiger partial charge on any atom is -0.455 e. The SMILES string of the molecule is O/C=C1/[C+]=CCC=C1. The first-order valence-electron chi connectivity index (χ1n) is 2.52. The van der Waals surface area contributed by atoms with Gasteiger partial charge in [0, 0.05) is 18.6 Å². The Hall–Kier alpha value is -1.07. The van der Waals surface area contributed by atoms with E-state index in [2.05, 4.69) is 6.08 Å². The Balaban J connectivity index is 2.69. The standard InChI is InChI=1S/C7H6O/c8-6-7-4-2-1-3-5-7/h2-4,6H,1H2/p+1/b7-6+. The summed E-state index contributed by atoms with van der Waals surface area (Å²) in [5.74, 6) is 0. The lowest BCUT2D eigenvalue weighted by atomic mass is 10.1. The average Bonchev–Trinajstić information content (AvgIpc) is 1.90. The molecule has 0 bridgehead atoms. The molecule has 40 valence electrons. The van der Waals surface area contributed by atoms with E-state index in [1.165, 1.54) is 0 Å². The van der Waals surface area contributed by atoms with Crippen molar-refractivity contribution in [2.45, 2.75) is 6.42 Å². The molecule has 0 saturated carbocycles. The molecule has 8 heavy (non-hydrogen) atoms. The molecule has 0 spiro atoms. The van der Waals surface area contributed by atoms with Crippen LogP contribution in [0.1, 0.15) is 6.42 Å². The number of hydrogen-bond acceptors (Lipinski definition) is 1. The third-order valence-corrected chi connectivity index (χ3v) is 0.959. The summed E-state index contributed by atoms with van der Waals surface area (Å²) >= 11 is 0. The van der Waals surface area contributed by atoms with Crippen molar-refractivity contribution < 1.29 is 5.11 Å². The molecule has 0 aromatic rings. The zero-order valence-electron chi connectivity index (χ0n) is 4.46. The van der Waals surface area contributed by atoms with E-state index >= 15 is 0 Å². The van der Waals surface area contributed by atoms with Crippen LogP contribution in [0, 0.1) is 6.08 Å². The molecule has 1 rings (SSSR count). The molecule has 0 atom stereocenters. The number of aliphatic hydroxyl groups is 1. The molecular formula is C7H7O+. The fourth-order valence-corrected chi connectivity index (χ4v) is 0.568. The summed E-state index contributed by atoms with van der Waals surface area (Å²) in [4.78, 5) is 0. The highest BCUT2D eigenvalue weighted by Gasteiger charge is 1.99. The topological polar surface area (TPSA) is 20.2 Å². The van der Waals surface area contributed by atoms with Crippen LogP contribution in [0.5, 0.6) is 0 Å². The molecule has 0 aromatic heterocycles. The van der Waals surface area contributed by atoms with Gasteiger partial charge in [0.1, 0.15) is 0 Å². The Bertz CT molecular complexity index is 138. The van der Waals surface area contributed by atoms with E-state index in [1.54, 1.807) is 0 Å². The molecule has 0 radical (unpaired) electrons. The molecule has 0 unspecified atom stereocenters. The van der Waals surface area contributed by atoms with E-state index in [0.717, 1.165) is 18.3 Å². The van der Waals surface area contributed by atoms with Crippen molar-refractivity contribution in [2.75, 3.05) is 0 Å². The van der Waals surface area contributed by atoms with Gasteiger partial charge in [0.05, 0.1) is 6.08 Å².